The van der Waals surface area contributed by atoms with Crippen LogP contribution in [0.4, 0.5) is 0 Å². The summed E-state index contributed by atoms with van der Waals surface area (Å²) in [6.07, 6.45) is 2.79. The van der Waals surface area contributed by atoms with Gasteiger partial charge in [0, 0.05) is 19.1 Å². The van der Waals surface area contributed by atoms with Crippen LogP contribution in [0.3, 0.4) is 0 Å². The van der Waals surface area contributed by atoms with Gasteiger partial charge in [-0.15, -0.1) is 0 Å². The second kappa shape index (κ2) is 8.97. The summed E-state index contributed by atoms with van der Waals surface area (Å²) >= 11 is 0. The van der Waals surface area contributed by atoms with Crippen molar-refractivity contribution in [2.24, 2.45) is 11.7 Å². The minimum atomic E-state index is 0.317. The molecule has 0 radical (unpaired) electrons. The molecule has 0 aromatic carbocycles. The van der Waals surface area contributed by atoms with E-state index in [4.69, 9.17) is 10.5 Å². The maximum atomic E-state index is 5.85. The maximum Gasteiger partial charge on any atom is 0.0596 e. The van der Waals surface area contributed by atoms with E-state index in [9.17, 15) is 0 Å². The van der Waals surface area contributed by atoms with Crippen molar-refractivity contribution in [1.82, 2.24) is 4.90 Å². The fourth-order valence-electron chi connectivity index (χ4n) is 2.09. The number of ether oxygens (including phenoxy) is 1. The van der Waals surface area contributed by atoms with Gasteiger partial charge >= 0.3 is 0 Å². The number of nitrogens with two attached hydrogens (primary N) is 1. The highest BCUT2D eigenvalue weighted by Crippen LogP contribution is 2.14. The number of hydrogen-bond acceptors (Lipinski definition) is 3. The van der Waals surface area contributed by atoms with E-state index in [0.717, 1.165) is 19.7 Å². The van der Waals surface area contributed by atoms with E-state index in [2.05, 4.69) is 39.6 Å². The zero-order valence-electron chi connectivity index (χ0n) is 11.7. The van der Waals surface area contributed by atoms with Crippen LogP contribution in [0.1, 0.15) is 40.5 Å². The molecule has 0 spiro atoms. The van der Waals surface area contributed by atoms with Crippen LogP contribution in [0.2, 0.25) is 0 Å². The highest BCUT2D eigenvalue weighted by atomic mass is 16.5. The van der Waals surface area contributed by atoms with Crippen LogP contribution in [-0.4, -0.2) is 43.8 Å². The van der Waals surface area contributed by atoms with Gasteiger partial charge in [-0.25, -0.2) is 0 Å². The van der Waals surface area contributed by atoms with E-state index < -0.39 is 0 Å². The molecular weight excluding hydrogens is 200 g/mol. The molecule has 3 nitrogen and oxygen atoms in total. The summed E-state index contributed by atoms with van der Waals surface area (Å²) in [5, 5.41) is 0. The van der Waals surface area contributed by atoms with Crippen molar-refractivity contribution in [1.29, 1.82) is 0 Å². The Morgan fingerprint density at radius 1 is 1.25 bits per heavy atom. The molecule has 2 unspecified atom stereocenters. The summed E-state index contributed by atoms with van der Waals surface area (Å²) in [5.41, 5.74) is 5.85. The van der Waals surface area contributed by atoms with Crippen LogP contribution in [0.25, 0.3) is 0 Å². The van der Waals surface area contributed by atoms with Crippen LogP contribution in [0.15, 0.2) is 0 Å². The topological polar surface area (TPSA) is 38.5 Å². The van der Waals surface area contributed by atoms with E-state index in [1.807, 2.05) is 0 Å². The van der Waals surface area contributed by atoms with Gasteiger partial charge in [0.05, 0.1) is 12.7 Å². The molecule has 0 bridgehead atoms. The van der Waals surface area contributed by atoms with E-state index in [0.29, 0.717) is 18.1 Å². The molecule has 0 amide bonds. The predicted molar refractivity (Wildman–Crippen MR) is 70.6 cm³/mol. The molecule has 2 atom stereocenters. The predicted octanol–water partition coefficient (Wildman–Crippen LogP) is 2.11. The third kappa shape index (κ3) is 6.46. The summed E-state index contributed by atoms with van der Waals surface area (Å²) < 4.78 is 5.56. The molecule has 16 heavy (non-hydrogen) atoms. The van der Waals surface area contributed by atoms with Gasteiger partial charge in [0.15, 0.2) is 0 Å². The van der Waals surface area contributed by atoms with Crippen molar-refractivity contribution in [3.8, 4) is 0 Å². The van der Waals surface area contributed by atoms with Crippen LogP contribution < -0.4 is 5.73 Å². The first-order valence-electron chi connectivity index (χ1n) is 6.54. The minimum Gasteiger partial charge on any atom is -0.377 e. The Balaban J connectivity index is 3.94. The lowest BCUT2D eigenvalue weighted by Crippen LogP contribution is -2.44. The van der Waals surface area contributed by atoms with Gasteiger partial charge in [-0.2, -0.15) is 0 Å². The average molecular weight is 230 g/mol. The first kappa shape index (κ1) is 15.9. The van der Waals surface area contributed by atoms with Gasteiger partial charge in [-0.3, -0.25) is 4.90 Å². The van der Waals surface area contributed by atoms with Crippen molar-refractivity contribution in [3.05, 3.63) is 0 Å². The van der Waals surface area contributed by atoms with Crippen molar-refractivity contribution in [2.45, 2.75) is 52.7 Å². The van der Waals surface area contributed by atoms with E-state index >= 15 is 0 Å². The summed E-state index contributed by atoms with van der Waals surface area (Å²) in [6, 6.07) is 0.482. The van der Waals surface area contributed by atoms with Gasteiger partial charge < -0.3 is 10.5 Å². The summed E-state index contributed by atoms with van der Waals surface area (Å²) in [5.74, 6) is 0.666. The lowest BCUT2D eigenvalue weighted by molar-refractivity contribution is 0.0501. The van der Waals surface area contributed by atoms with Crippen molar-refractivity contribution in [3.63, 3.8) is 0 Å². The first-order valence-corrected chi connectivity index (χ1v) is 6.54. The molecule has 0 aliphatic carbocycles. The van der Waals surface area contributed by atoms with Crippen LogP contribution in [0.5, 0.6) is 0 Å². The number of rotatable bonds is 9. The fraction of sp³-hybridized carbons (Fsp3) is 1.00. The molecule has 98 valence electrons. The molecule has 2 N–H and O–H groups in total. The molecule has 0 saturated heterocycles. The highest BCUT2D eigenvalue weighted by Gasteiger charge is 2.19. The minimum absolute atomic E-state index is 0.317. The zero-order valence-corrected chi connectivity index (χ0v) is 11.7. The second-order valence-corrected chi connectivity index (χ2v) is 4.97. The second-order valence-electron chi connectivity index (χ2n) is 4.97. The standard InChI is InChI=1S/C13H30N2O/c1-6-7-12(4)13(10-14)15(5)8-9-16-11(2)3/h11-13H,6-10,14H2,1-5H3. The van der Waals surface area contributed by atoms with Gasteiger partial charge in [0.2, 0.25) is 0 Å². The molecule has 0 aliphatic rings. The Hall–Kier alpha value is -0.120. The molecule has 3 heteroatoms. The molecule has 0 rings (SSSR count). The normalized spacial score (nSPS) is 15.8. The molecule has 0 saturated carbocycles. The largest absolute Gasteiger partial charge is 0.377 e. The number of likely N-dealkylation sites (N-methyl/N-ethyl adjacent to an activating group) is 1. The van der Waals surface area contributed by atoms with Crippen molar-refractivity contribution in [2.75, 3.05) is 26.7 Å². The number of nitrogens with zero attached hydrogens (tertiary/aromatic N) is 1. The number of hydrogen-bond donors (Lipinski definition) is 1. The average Bonchev–Trinajstić information content (AvgIpc) is 2.18. The quantitative estimate of drug-likeness (QED) is 0.659. The van der Waals surface area contributed by atoms with E-state index in [1.165, 1.54) is 12.8 Å². The Labute approximate surface area is 101 Å². The van der Waals surface area contributed by atoms with Crippen LogP contribution in [0, 0.1) is 5.92 Å². The molecule has 0 aliphatic heterocycles. The molecule has 0 aromatic rings. The third-order valence-corrected chi connectivity index (χ3v) is 3.10. The van der Waals surface area contributed by atoms with Gasteiger partial charge in [-0.05, 0) is 33.2 Å². The lowest BCUT2D eigenvalue weighted by Gasteiger charge is -2.32. The first-order chi connectivity index (χ1) is 7.52. The maximum absolute atomic E-state index is 5.85. The van der Waals surface area contributed by atoms with Gasteiger partial charge in [-0.1, -0.05) is 20.3 Å². The Morgan fingerprint density at radius 2 is 1.88 bits per heavy atom. The molecule has 0 fully saturated rings. The third-order valence-electron chi connectivity index (χ3n) is 3.10. The van der Waals surface area contributed by atoms with Crippen LogP contribution >= 0.6 is 0 Å². The zero-order chi connectivity index (χ0) is 12.6. The van der Waals surface area contributed by atoms with Crippen molar-refractivity contribution >= 4 is 0 Å². The SMILES string of the molecule is CCCC(C)C(CN)N(C)CCOC(C)C. The van der Waals surface area contributed by atoms with Crippen molar-refractivity contribution < 1.29 is 4.74 Å². The Kier molecular flexibility index (Phi) is 8.90. The lowest BCUT2D eigenvalue weighted by atomic mass is 9.96. The van der Waals surface area contributed by atoms with Crippen LogP contribution in [-0.2, 0) is 4.74 Å². The molecule has 0 heterocycles. The summed E-state index contributed by atoms with van der Waals surface area (Å²) in [6.45, 7) is 11.2. The summed E-state index contributed by atoms with van der Waals surface area (Å²) in [7, 11) is 2.15. The molecular formula is C13H30N2O. The fourth-order valence-corrected chi connectivity index (χ4v) is 2.09. The monoisotopic (exact) mass is 230 g/mol. The Morgan fingerprint density at radius 3 is 2.31 bits per heavy atom. The highest BCUT2D eigenvalue weighted by molar-refractivity contribution is 4.75. The molecule has 0 aromatic heterocycles. The smallest absolute Gasteiger partial charge is 0.0596 e. The Bertz CT molecular complexity index is 162. The van der Waals surface area contributed by atoms with E-state index in [1.54, 1.807) is 0 Å². The van der Waals surface area contributed by atoms with Gasteiger partial charge in [0.1, 0.15) is 0 Å². The summed E-state index contributed by atoms with van der Waals surface area (Å²) in [4.78, 5) is 2.34. The van der Waals surface area contributed by atoms with Gasteiger partial charge in [0.25, 0.3) is 0 Å². The van der Waals surface area contributed by atoms with E-state index in [-0.39, 0.29) is 0 Å².